The highest BCUT2D eigenvalue weighted by Gasteiger charge is 2.25. The third-order valence-electron chi connectivity index (χ3n) is 22.4. The van der Waals surface area contributed by atoms with Crippen LogP contribution in [0.2, 0.25) is 0 Å². The zero-order valence-electron chi connectivity index (χ0n) is 63.1. The molecule has 0 aliphatic heterocycles. The first-order valence-corrected chi connectivity index (χ1v) is 41.0. The maximum absolute atomic E-state index is 6.71. The smallest absolute Gasteiger partial charge is 0.127 e. The van der Waals surface area contributed by atoms with Crippen LogP contribution in [0, 0.1) is 17.8 Å². The van der Waals surface area contributed by atoms with Crippen LogP contribution in [0.15, 0.2) is 141 Å². The van der Waals surface area contributed by atoms with Gasteiger partial charge in [0, 0.05) is 16.7 Å². The van der Waals surface area contributed by atoms with Crippen molar-refractivity contribution in [1.29, 1.82) is 0 Å². The fourth-order valence-corrected chi connectivity index (χ4v) is 15.9. The number of ether oxygens (including phenoxy) is 6. The highest BCUT2D eigenvalue weighted by atomic mass is 16.5. The van der Waals surface area contributed by atoms with Crippen molar-refractivity contribution in [2.45, 2.75) is 270 Å². The number of hydrogen-bond acceptors (Lipinski definition) is 6. The Hall–Kier alpha value is -6.92. The van der Waals surface area contributed by atoms with Gasteiger partial charge in [0.05, 0.1) is 39.6 Å². The molecule has 6 aromatic rings. The molecule has 3 fully saturated rings. The van der Waals surface area contributed by atoms with Gasteiger partial charge in [-0.15, -0.1) is 0 Å². The Labute approximate surface area is 613 Å². The molecule has 6 heteroatoms. The number of benzene rings is 6. The molecule has 0 N–H and O–H groups in total. The molecule has 3 saturated carbocycles. The summed E-state index contributed by atoms with van der Waals surface area (Å²) < 4.78 is 38.4. The van der Waals surface area contributed by atoms with E-state index < -0.39 is 0 Å². The largest absolute Gasteiger partial charge is 0.494 e. The van der Waals surface area contributed by atoms with Crippen molar-refractivity contribution in [3.05, 3.63) is 191 Å². The lowest BCUT2D eigenvalue weighted by Crippen LogP contribution is -2.13. The van der Waals surface area contributed by atoms with Crippen molar-refractivity contribution in [3.8, 4) is 34.5 Å². The monoisotopic (exact) mass is 1370 g/mol. The zero-order valence-corrected chi connectivity index (χ0v) is 63.1. The second kappa shape index (κ2) is 45.9. The Kier molecular flexibility index (Phi) is 35.6. The van der Waals surface area contributed by atoms with Gasteiger partial charge in [-0.3, -0.25) is 0 Å². The molecule has 3 aliphatic rings. The molecular formula is C95H130O6. The van der Waals surface area contributed by atoms with Crippen LogP contribution in [0.5, 0.6) is 34.5 Å². The van der Waals surface area contributed by atoms with Gasteiger partial charge in [-0.05, 0) is 278 Å². The van der Waals surface area contributed by atoms with Crippen molar-refractivity contribution >= 4 is 36.5 Å². The quantitative estimate of drug-likeness (QED) is 0.0280. The molecule has 0 heterocycles. The molecule has 0 bridgehead atoms. The summed E-state index contributed by atoms with van der Waals surface area (Å²) in [5, 5.41) is 0. The average molecular weight is 1370 g/mol. The van der Waals surface area contributed by atoms with Crippen LogP contribution in [0.4, 0.5) is 0 Å². The Morgan fingerprint density at radius 1 is 0.277 bits per heavy atom. The van der Waals surface area contributed by atoms with Crippen LogP contribution in [-0.4, -0.2) is 39.6 Å². The van der Waals surface area contributed by atoms with E-state index in [0.29, 0.717) is 37.6 Å². The summed E-state index contributed by atoms with van der Waals surface area (Å²) in [6.07, 6.45) is 57.9. The van der Waals surface area contributed by atoms with Crippen LogP contribution < -0.4 is 28.4 Å². The van der Waals surface area contributed by atoms with Gasteiger partial charge in [-0.2, -0.15) is 0 Å². The number of unbranched alkanes of at least 4 members (excludes halogenated alkanes) is 15. The number of rotatable bonds is 48. The van der Waals surface area contributed by atoms with E-state index in [9.17, 15) is 0 Å². The molecule has 546 valence electrons. The second-order valence-electron chi connectivity index (χ2n) is 30.1. The maximum Gasteiger partial charge on any atom is 0.127 e. The molecular weight excluding hydrogens is 1240 g/mol. The zero-order chi connectivity index (χ0) is 70.2. The molecule has 6 nitrogen and oxygen atoms in total. The van der Waals surface area contributed by atoms with Gasteiger partial charge in [0.2, 0.25) is 0 Å². The SMILES string of the molecule is C=Cc1ccc(/C=C/c2ccc(/C=C/c3ccc(C=C)c(OCCCCCCOc4ccc(C5CCC(CCCCC)CC5)cc4)c3)c(OCCCCCCOc3ccc(C4CCC(CCCCC)CC4)cc3)c2)c(OCCCCCCOc2ccc(C3CCC(CCCCC)CC3)cc2)c1. The minimum atomic E-state index is 0.631. The fourth-order valence-electron chi connectivity index (χ4n) is 15.9. The van der Waals surface area contributed by atoms with E-state index in [4.69, 9.17) is 28.4 Å². The van der Waals surface area contributed by atoms with E-state index in [1.165, 1.54) is 171 Å². The van der Waals surface area contributed by atoms with Gasteiger partial charge in [-0.1, -0.05) is 220 Å². The van der Waals surface area contributed by atoms with Crippen LogP contribution >= 0.6 is 0 Å². The number of hydrogen-bond donors (Lipinski definition) is 0. The van der Waals surface area contributed by atoms with E-state index in [1.807, 2.05) is 12.2 Å². The topological polar surface area (TPSA) is 55.4 Å². The summed E-state index contributed by atoms with van der Waals surface area (Å²) >= 11 is 0. The standard InChI is InChI=1S/C95H130O6/c1-6-11-20-29-76-33-44-82(45-34-76)85-54-60-90(61-55-85)96-66-23-14-17-26-69-99-93-73-79(39-43-81(93)10-5)40-52-89-53-42-80(74-95(89)101-71-28-19-16-25-68-98-92-64-58-87(59-65-92)84-48-37-78(38-49-84)31-22-13-8-3)41-51-88-50-32-75(9-4)72-94(88)100-70-27-18-15-24-67-97-91-62-56-86(57-63-91)83-46-35-77(36-47-83)30-21-12-7-2/h9-10,32,39-43,50-65,72-74,76-78,82-84H,4-8,11-31,33-38,44-49,66-71H2,1-3H3/b51-41+,52-40+. The normalized spacial score (nSPS) is 18.6. The van der Waals surface area contributed by atoms with Gasteiger partial charge in [0.1, 0.15) is 34.5 Å². The van der Waals surface area contributed by atoms with Gasteiger partial charge < -0.3 is 28.4 Å². The molecule has 101 heavy (non-hydrogen) atoms. The van der Waals surface area contributed by atoms with Crippen LogP contribution in [0.3, 0.4) is 0 Å². The van der Waals surface area contributed by atoms with Crippen LogP contribution in [0.1, 0.15) is 320 Å². The maximum atomic E-state index is 6.71. The van der Waals surface area contributed by atoms with Gasteiger partial charge in [0.15, 0.2) is 0 Å². The molecule has 0 radical (unpaired) electrons. The first-order valence-electron chi connectivity index (χ1n) is 41.0. The Bertz CT molecular complexity index is 3290. The molecule has 9 rings (SSSR count). The molecule has 0 saturated heterocycles. The summed E-state index contributed by atoms with van der Waals surface area (Å²) in [4.78, 5) is 0. The van der Waals surface area contributed by atoms with Gasteiger partial charge >= 0.3 is 0 Å². The molecule has 6 aromatic carbocycles. The predicted octanol–water partition coefficient (Wildman–Crippen LogP) is 27.9. The average Bonchev–Trinajstić information content (AvgIpc) is 0.985. The molecule has 0 amide bonds. The Balaban J connectivity index is 0.731. The van der Waals surface area contributed by atoms with E-state index >= 15 is 0 Å². The summed E-state index contributed by atoms with van der Waals surface area (Å²) in [6.45, 7) is 19.3. The Morgan fingerprint density at radius 3 is 0.871 bits per heavy atom. The van der Waals surface area contributed by atoms with E-state index in [1.54, 1.807) is 0 Å². The van der Waals surface area contributed by atoms with Gasteiger partial charge in [-0.25, -0.2) is 0 Å². The molecule has 0 atom stereocenters. The van der Waals surface area contributed by atoms with E-state index in [0.717, 1.165) is 183 Å². The minimum absolute atomic E-state index is 0.631. The molecule has 0 unspecified atom stereocenters. The first kappa shape index (κ1) is 78.2. The Morgan fingerprint density at radius 2 is 0.564 bits per heavy atom. The summed E-state index contributed by atoms with van der Waals surface area (Å²) in [5.74, 6) is 10.5. The first-order chi connectivity index (χ1) is 49.9. The third kappa shape index (κ3) is 28.0. The highest BCUT2D eigenvalue weighted by Crippen LogP contribution is 2.42. The minimum Gasteiger partial charge on any atom is -0.494 e. The van der Waals surface area contributed by atoms with Crippen molar-refractivity contribution in [3.63, 3.8) is 0 Å². The molecule has 0 aromatic heterocycles. The van der Waals surface area contributed by atoms with Crippen molar-refractivity contribution < 1.29 is 28.4 Å². The summed E-state index contributed by atoms with van der Waals surface area (Å²) in [6, 6.07) is 46.3. The van der Waals surface area contributed by atoms with Crippen molar-refractivity contribution in [1.82, 2.24) is 0 Å². The van der Waals surface area contributed by atoms with Crippen LogP contribution in [-0.2, 0) is 0 Å². The lowest BCUT2D eigenvalue weighted by Gasteiger charge is -2.29. The predicted molar refractivity (Wildman–Crippen MR) is 432 cm³/mol. The van der Waals surface area contributed by atoms with E-state index in [-0.39, 0.29) is 0 Å². The second-order valence-corrected chi connectivity index (χ2v) is 30.1. The van der Waals surface area contributed by atoms with E-state index in [2.05, 4.69) is 186 Å². The lowest BCUT2D eigenvalue weighted by molar-refractivity contribution is 0.287. The highest BCUT2D eigenvalue weighted by molar-refractivity contribution is 5.78. The van der Waals surface area contributed by atoms with Crippen LogP contribution in [0.25, 0.3) is 36.5 Å². The lowest BCUT2D eigenvalue weighted by atomic mass is 9.77. The third-order valence-corrected chi connectivity index (χ3v) is 22.4. The molecule has 3 aliphatic carbocycles. The van der Waals surface area contributed by atoms with Crippen molar-refractivity contribution in [2.75, 3.05) is 39.6 Å². The summed E-state index contributed by atoms with van der Waals surface area (Å²) in [5.41, 5.74) is 10.7. The van der Waals surface area contributed by atoms with Gasteiger partial charge in [0.25, 0.3) is 0 Å². The van der Waals surface area contributed by atoms with Crippen molar-refractivity contribution in [2.24, 2.45) is 17.8 Å². The molecule has 0 spiro atoms. The fraction of sp³-hybridized carbons (Fsp3) is 0.537. The summed E-state index contributed by atoms with van der Waals surface area (Å²) in [7, 11) is 0.